The Balaban J connectivity index is 2.19. The van der Waals surface area contributed by atoms with E-state index < -0.39 is 15.8 Å². The van der Waals surface area contributed by atoms with E-state index in [-0.39, 0.29) is 27.0 Å². The van der Waals surface area contributed by atoms with Gasteiger partial charge < -0.3 is 5.73 Å². The van der Waals surface area contributed by atoms with E-state index in [0.717, 1.165) is 25.0 Å². The molecule has 0 aromatic heterocycles. The summed E-state index contributed by atoms with van der Waals surface area (Å²) in [5.74, 6) is -0.222. The Hall–Kier alpha value is -0.210. The van der Waals surface area contributed by atoms with Gasteiger partial charge in [-0.05, 0) is 46.8 Å². The van der Waals surface area contributed by atoms with Crippen LogP contribution in [0.3, 0.4) is 0 Å². The number of nitrogens with two attached hydrogens (primary N) is 1. The van der Waals surface area contributed by atoms with Crippen LogP contribution in [-0.2, 0) is 10.0 Å². The molecule has 0 amide bonds. The van der Waals surface area contributed by atoms with Gasteiger partial charge >= 0.3 is 0 Å². The predicted molar refractivity (Wildman–Crippen MR) is 75.0 cm³/mol. The molecule has 3 N–H and O–H groups in total. The van der Waals surface area contributed by atoms with E-state index in [9.17, 15) is 12.8 Å². The molecule has 4 nitrogen and oxygen atoms in total. The van der Waals surface area contributed by atoms with Crippen molar-refractivity contribution in [1.82, 2.24) is 4.72 Å². The molecule has 1 unspecified atom stereocenters. The summed E-state index contributed by atoms with van der Waals surface area (Å²) in [6.07, 6.45) is 2.06. The highest BCUT2D eigenvalue weighted by Gasteiger charge is 2.30. The van der Waals surface area contributed by atoms with E-state index in [1.165, 1.54) is 0 Å². The van der Waals surface area contributed by atoms with Gasteiger partial charge in [0.05, 0.1) is 5.02 Å². The summed E-state index contributed by atoms with van der Waals surface area (Å²) in [7, 11) is -3.81. The maximum Gasteiger partial charge on any atom is 0.243 e. The number of hydrogen-bond donors (Lipinski definition) is 2. The molecule has 0 saturated heterocycles. The lowest BCUT2D eigenvalue weighted by atomic mass is 10.2. The molecule has 0 heterocycles. The Bertz CT molecular complexity index is 569. The molecule has 8 heteroatoms. The van der Waals surface area contributed by atoms with Crippen LogP contribution < -0.4 is 10.5 Å². The van der Waals surface area contributed by atoms with E-state index in [0.29, 0.717) is 5.92 Å². The quantitative estimate of drug-likeness (QED) is 0.834. The van der Waals surface area contributed by atoms with Crippen molar-refractivity contribution in [3.05, 3.63) is 27.4 Å². The number of rotatable bonds is 5. The second kappa shape index (κ2) is 5.65. The topological polar surface area (TPSA) is 72.2 Å². The second-order valence-electron chi connectivity index (χ2n) is 4.55. The molecule has 1 atom stereocenters. The monoisotopic (exact) mass is 370 g/mol. The highest BCUT2D eigenvalue weighted by atomic mass is 79.9. The Morgan fingerprint density at radius 2 is 2.16 bits per heavy atom. The van der Waals surface area contributed by atoms with Crippen LogP contribution in [0.5, 0.6) is 0 Å². The smallest absolute Gasteiger partial charge is 0.243 e. The Morgan fingerprint density at radius 3 is 2.68 bits per heavy atom. The largest absolute Gasteiger partial charge is 0.326 e. The summed E-state index contributed by atoms with van der Waals surface area (Å²) in [4.78, 5) is -0.168. The number of halogens is 3. The molecule has 1 aliphatic carbocycles. The number of benzene rings is 1. The molecule has 0 radical (unpaired) electrons. The van der Waals surface area contributed by atoms with Crippen molar-refractivity contribution in [3.8, 4) is 0 Å². The van der Waals surface area contributed by atoms with Crippen molar-refractivity contribution in [2.24, 2.45) is 11.7 Å². The fraction of sp³-hybridized carbons (Fsp3) is 0.455. The maximum atomic E-state index is 13.1. The normalized spacial score (nSPS) is 17.5. The molecule has 0 bridgehead atoms. The van der Waals surface area contributed by atoms with E-state index in [1.807, 2.05) is 0 Å². The summed E-state index contributed by atoms with van der Waals surface area (Å²) in [6, 6.07) is 1.82. The first-order valence-electron chi connectivity index (χ1n) is 5.71. The van der Waals surface area contributed by atoms with Gasteiger partial charge in [0.15, 0.2) is 0 Å². The lowest BCUT2D eigenvalue weighted by Gasteiger charge is -2.14. The van der Waals surface area contributed by atoms with Gasteiger partial charge in [-0.3, -0.25) is 0 Å². The van der Waals surface area contributed by atoms with Crippen LogP contribution in [0.2, 0.25) is 5.02 Å². The first-order chi connectivity index (χ1) is 8.81. The summed E-state index contributed by atoms with van der Waals surface area (Å²) >= 11 is 8.80. The minimum atomic E-state index is -3.81. The van der Waals surface area contributed by atoms with Crippen molar-refractivity contribution < 1.29 is 12.8 Å². The van der Waals surface area contributed by atoms with Crippen molar-refractivity contribution in [1.29, 1.82) is 0 Å². The van der Waals surface area contributed by atoms with Crippen molar-refractivity contribution in [2.75, 3.05) is 6.54 Å². The molecule has 0 aliphatic heterocycles. The van der Waals surface area contributed by atoms with Crippen molar-refractivity contribution in [3.63, 3.8) is 0 Å². The molecule has 0 spiro atoms. The first kappa shape index (κ1) is 15.2. The Labute approximate surface area is 124 Å². The zero-order valence-corrected chi connectivity index (χ0v) is 13.0. The average Bonchev–Trinajstić information content (AvgIpc) is 3.07. The summed E-state index contributed by atoms with van der Waals surface area (Å²) in [5.41, 5.74) is 5.83. The second-order valence-corrected chi connectivity index (χ2v) is 7.52. The van der Waals surface area contributed by atoms with Crippen molar-refractivity contribution >= 4 is 37.6 Å². The highest BCUT2D eigenvalue weighted by molar-refractivity contribution is 9.10. The third-order valence-electron chi connectivity index (χ3n) is 2.97. The van der Waals surface area contributed by atoms with Gasteiger partial charge in [-0.2, -0.15) is 0 Å². The van der Waals surface area contributed by atoms with E-state index in [4.69, 9.17) is 17.3 Å². The molecule has 106 valence electrons. The number of sulfonamides is 1. The van der Waals surface area contributed by atoms with Gasteiger partial charge in [-0.25, -0.2) is 17.5 Å². The van der Waals surface area contributed by atoms with Gasteiger partial charge in [0, 0.05) is 17.1 Å². The molecule has 1 aromatic carbocycles. The standard InChI is InChI=1S/C11H13BrClFN2O2S/c12-8-3-7(14)4-9(13)11(8)19(17,18)16-5-10(15)6-1-2-6/h3-4,6,10,16H,1-2,5,15H2. The summed E-state index contributed by atoms with van der Waals surface area (Å²) in [6.45, 7) is 0.146. The van der Waals surface area contributed by atoms with E-state index in [2.05, 4.69) is 20.7 Å². The van der Waals surface area contributed by atoms with Crippen molar-refractivity contribution in [2.45, 2.75) is 23.8 Å². The first-order valence-corrected chi connectivity index (χ1v) is 8.36. The summed E-state index contributed by atoms with van der Waals surface area (Å²) < 4.78 is 39.8. The maximum absolute atomic E-state index is 13.1. The van der Waals surface area contributed by atoms with Crippen LogP contribution in [-0.4, -0.2) is 21.0 Å². The molecule has 1 saturated carbocycles. The fourth-order valence-corrected chi connectivity index (χ4v) is 4.64. The fourth-order valence-electron chi connectivity index (χ4n) is 1.75. The highest BCUT2D eigenvalue weighted by Crippen LogP contribution is 2.32. The number of hydrogen-bond acceptors (Lipinski definition) is 3. The minimum Gasteiger partial charge on any atom is -0.326 e. The molecule has 19 heavy (non-hydrogen) atoms. The van der Waals surface area contributed by atoms with Crippen LogP contribution in [0.15, 0.2) is 21.5 Å². The molecule has 2 rings (SSSR count). The van der Waals surface area contributed by atoms with Crippen LogP contribution in [0.1, 0.15) is 12.8 Å². The summed E-state index contributed by atoms with van der Waals surface area (Å²) in [5, 5.41) is -0.167. The SMILES string of the molecule is NC(CNS(=O)(=O)c1c(Cl)cc(F)cc1Br)C1CC1. The molecule has 1 aliphatic rings. The number of nitrogens with one attached hydrogen (secondary N) is 1. The zero-order chi connectivity index (χ0) is 14.2. The van der Waals surface area contributed by atoms with Crippen LogP contribution in [0.4, 0.5) is 4.39 Å². The van der Waals surface area contributed by atoms with Gasteiger partial charge in [-0.15, -0.1) is 0 Å². The third-order valence-corrected chi connectivity index (χ3v) is 5.79. The Morgan fingerprint density at radius 1 is 1.53 bits per heavy atom. The van der Waals surface area contributed by atoms with Gasteiger partial charge in [0.2, 0.25) is 10.0 Å². The van der Waals surface area contributed by atoms with Crippen LogP contribution in [0, 0.1) is 11.7 Å². The molecule has 1 fully saturated rings. The average molecular weight is 372 g/mol. The molecule has 1 aromatic rings. The lowest BCUT2D eigenvalue weighted by molar-refractivity contribution is 0.547. The zero-order valence-electron chi connectivity index (χ0n) is 9.87. The van der Waals surface area contributed by atoms with E-state index >= 15 is 0 Å². The lowest BCUT2D eigenvalue weighted by Crippen LogP contribution is -2.38. The molecular weight excluding hydrogens is 359 g/mol. The van der Waals surface area contributed by atoms with E-state index in [1.54, 1.807) is 0 Å². The third kappa shape index (κ3) is 3.66. The van der Waals surface area contributed by atoms with Gasteiger partial charge in [0.1, 0.15) is 10.7 Å². The minimum absolute atomic E-state index is 0.0880. The van der Waals surface area contributed by atoms with Gasteiger partial charge in [-0.1, -0.05) is 11.6 Å². The Kier molecular flexibility index (Phi) is 4.52. The van der Waals surface area contributed by atoms with Crippen LogP contribution >= 0.6 is 27.5 Å². The molecular formula is C11H13BrClFN2O2S. The van der Waals surface area contributed by atoms with Gasteiger partial charge in [0.25, 0.3) is 0 Å². The predicted octanol–water partition coefficient (Wildman–Crippen LogP) is 2.26. The van der Waals surface area contributed by atoms with Crippen LogP contribution in [0.25, 0.3) is 0 Å².